The Morgan fingerprint density at radius 3 is 2.94 bits per heavy atom. The summed E-state index contributed by atoms with van der Waals surface area (Å²) in [7, 11) is 0. The number of hydrogen-bond donors (Lipinski definition) is 1. The van der Waals surface area contributed by atoms with Crippen LogP contribution < -0.4 is 4.90 Å². The highest BCUT2D eigenvalue weighted by Crippen LogP contribution is 2.45. The molecule has 0 unspecified atom stereocenters. The van der Waals surface area contributed by atoms with E-state index in [1.807, 2.05) is 13.1 Å². The van der Waals surface area contributed by atoms with E-state index in [9.17, 15) is 5.11 Å². The Bertz CT molecular complexity index is 434. The van der Waals surface area contributed by atoms with Crippen molar-refractivity contribution < 1.29 is 5.11 Å². The molecular weight excluding hydrogens is 224 g/mol. The SMILES string of the molecule is Cc1cc(N2CCC[C@@]3(CCC[C@H]3O)C2)ccn1. The third-order valence-corrected chi connectivity index (χ3v) is 4.71. The highest BCUT2D eigenvalue weighted by atomic mass is 16.3. The second-order valence-electron chi connectivity index (χ2n) is 5.95. The molecule has 0 aromatic carbocycles. The van der Waals surface area contributed by atoms with Gasteiger partial charge in [-0.25, -0.2) is 0 Å². The van der Waals surface area contributed by atoms with Crippen LogP contribution in [0, 0.1) is 12.3 Å². The maximum Gasteiger partial charge on any atom is 0.0613 e. The van der Waals surface area contributed by atoms with Crippen LogP contribution in [0.5, 0.6) is 0 Å². The summed E-state index contributed by atoms with van der Waals surface area (Å²) in [5.74, 6) is 0. The quantitative estimate of drug-likeness (QED) is 0.827. The molecule has 3 nitrogen and oxygen atoms in total. The zero-order valence-electron chi connectivity index (χ0n) is 11.1. The maximum atomic E-state index is 10.3. The maximum absolute atomic E-state index is 10.3. The molecule has 2 heterocycles. The van der Waals surface area contributed by atoms with Gasteiger partial charge in [0.2, 0.25) is 0 Å². The molecule has 0 bridgehead atoms. The van der Waals surface area contributed by atoms with Crippen molar-refractivity contribution in [3.63, 3.8) is 0 Å². The van der Waals surface area contributed by atoms with Crippen molar-refractivity contribution in [2.75, 3.05) is 18.0 Å². The summed E-state index contributed by atoms with van der Waals surface area (Å²) < 4.78 is 0. The fourth-order valence-corrected chi connectivity index (χ4v) is 3.70. The predicted octanol–water partition coefficient (Wildman–Crippen LogP) is 2.52. The van der Waals surface area contributed by atoms with E-state index in [0.29, 0.717) is 0 Å². The Kier molecular flexibility index (Phi) is 3.02. The van der Waals surface area contributed by atoms with Gasteiger partial charge in [-0.05, 0) is 44.7 Å². The van der Waals surface area contributed by atoms with Crippen LogP contribution in [0.3, 0.4) is 0 Å². The van der Waals surface area contributed by atoms with Gasteiger partial charge in [-0.15, -0.1) is 0 Å². The number of aliphatic hydroxyl groups excluding tert-OH is 1. The van der Waals surface area contributed by atoms with Crippen molar-refractivity contribution in [1.82, 2.24) is 4.98 Å². The number of rotatable bonds is 1. The molecule has 2 fully saturated rings. The number of aliphatic hydroxyl groups is 1. The van der Waals surface area contributed by atoms with Crippen molar-refractivity contribution in [2.24, 2.45) is 5.41 Å². The van der Waals surface area contributed by atoms with E-state index in [1.54, 1.807) is 0 Å². The topological polar surface area (TPSA) is 36.4 Å². The summed E-state index contributed by atoms with van der Waals surface area (Å²) in [6, 6.07) is 4.24. The Hall–Kier alpha value is -1.09. The van der Waals surface area contributed by atoms with Crippen LogP contribution >= 0.6 is 0 Å². The molecule has 1 saturated carbocycles. The second-order valence-corrected chi connectivity index (χ2v) is 5.95. The predicted molar refractivity (Wildman–Crippen MR) is 72.7 cm³/mol. The van der Waals surface area contributed by atoms with E-state index in [4.69, 9.17) is 0 Å². The largest absolute Gasteiger partial charge is 0.392 e. The molecule has 1 aromatic rings. The van der Waals surface area contributed by atoms with E-state index < -0.39 is 0 Å². The van der Waals surface area contributed by atoms with Gasteiger partial charge in [0.15, 0.2) is 0 Å². The molecule has 2 aliphatic rings. The van der Waals surface area contributed by atoms with Crippen LogP contribution in [0.1, 0.15) is 37.8 Å². The van der Waals surface area contributed by atoms with Crippen molar-refractivity contribution in [3.05, 3.63) is 24.0 Å². The van der Waals surface area contributed by atoms with E-state index in [-0.39, 0.29) is 11.5 Å². The molecule has 0 amide bonds. The molecule has 98 valence electrons. The number of piperidine rings is 1. The van der Waals surface area contributed by atoms with Gasteiger partial charge in [-0.3, -0.25) is 4.98 Å². The normalized spacial score (nSPS) is 32.1. The van der Waals surface area contributed by atoms with Crippen molar-refractivity contribution in [1.29, 1.82) is 0 Å². The summed E-state index contributed by atoms with van der Waals surface area (Å²) in [6.07, 6.45) is 7.54. The molecule has 1 aliphatic carbocycles. The molecule has 1 spiro atoms. The van der Waals surface area contributed by atoms with E-state index >= 15 is 0 Å². The van der Waals surface area contributed by atoms with E-state index in [1.165, 1.54) is 31.4 Å². The fourth-order valence-electron chi connectivity index (χ4n) is 3.70. The Balaban J connectivity index is 1.82. The number of hydrogen-bond acceptors (Lipinski definition) is 3. The summed E-state index contributed by atoms with van der Waals surface area (Å²) in [5.41, 5.74) is 2.50. The molecule has 0 radical (unpaired) electrons. The minimum Gasteiger partial charge on any atom is -0.392 e. The Labute approximate surface area is 109 Å². The number of pyridine rings is 1. The number of aromatic nitrogens is 1. The van der Waals surface area contributed by atoms with Gasteiger partial charge in [0.1, 0.15) is 0 Å². The third kappa shape index (κ3) is 2.01. The first kappa shape index (κ1) is 12.0. The van der Waals surface area contributed by atoms with Crippen molar-refractivity contribution in [3.8, 4) is 0 Å². The minimum atomic E-state index is -0.0942. The van der Waals surface area contributed by atoms with E-state index in [2.05, 4.69) is 22.0 Å². The number of aryl methyl sites for hydroxylation is 1. The van der Waals surface area contributed by atoms with Crippen molar-refractivity contribution in [2.45, 2.75) is 45.1 Å². The minimum absolute atomic E-state index is 0.0942. The third-order valence-electron chi connectivity index (χ3n) is 4.71. The lowest BCUT2D eigenvalue weighted by atomic mass is 9.76. The molecule has 1 N–H and O–H groups in total. The van der Waals surface area contributed by atoms with Crippen LogP contribution in [0.15, 0.2) is 18.3 Å². The number of nitrogens with zero attached hydrogens (tertiary/aromatic N) is 2. The average Bonchev–Trinajstić information content (AvgIpc) is 2.71. The van der Waals surface area contributed by atoms with Crippen LogP contribution in [-0.4, -0.2) is 29.3 Å². The first-order chi connectivity index (χ1) is 8.70. The fraction of sp³-hybridized carbons (Fsp3) is 0.667. The first-order valence-electron chi connectivity index (χ1n) is 7.05. The lowest BCUT2D eigenvalue weighted by Crippen LogP contribution is -2.47. The molecule has 1 aliphatic heterocycles. The van der Waals surface area contributed by atoms with E-state index in [0.717, 1.165) is 25.2 Å². The van der Waals surface area contributed by atoms with Gasteiger partial charge in [0.25, 0.3) is 0 Å². The standard InChI is InChI=1S/C15H22N2O/c1-12-10-13(5-8-16-12)17-9-3-7-15(11-17)6-2-4-14(15)18/h5,8,10,14,18H,2-4,6-7,9,11H2,1H3/t14-,15+/m1/s1. The molecule has 3 rings (SSSR count). The lowest BCUT2D eigenvalue weighted by Gasteiger charge is -2.43. The molecule has 1 saturated heterocycles. The second kappa shape index (κ2) is 4.54. The average molecular weight is 246 g/mol. The Morgan fingerprint density at radius 1 is 1.39 bits per heavy atom. The smallest absolute Gasteiger partial charge is 0.0613 e. The van der Waals surface area contributed by atoms with Crippen LogP contribution in [0.25, 0.3) is 0 Å². The molecular formula is C15H22N2O. The monoisotopic (exact) mass is 246 g/mol. The van der Waals surface area contributed by atoms with Gasteiger partial charge < -0.3 is 10.0 Å². The first-order valence-corrected chi connectivity index (χ1v) is 7.05. The zero-order chi connectivity index (χ0) is 12.6. The van der Waals surface area contributed by atoms with Gasteiger partial charge in [0.05, 0.1) is 6.10 Å². The van der Waals surface area contributed by atoms with Crippen LogP contribution in [-0.2, 0) is 0 Å². The Morgan fingerprint density at radius 2 is 2.22 bits per heavy atom. The van der Waals surface area contributed by atoms with Gasteiger partial charge in [0, 0.05) is 36.1 Å². The van der Waals surface area contributed by atoms with Gasteiger partial charge in [-0.2, -0.15) is 0 Å². The van der Waals surface area contributed by atoms with Crippen molar-refractivity contribution >= 4 is 5.69 Å². The number of anilines is 1. The lowest BCUT2D eigenvalue weighted by molar-refractivity contribution is 0.0409. The zero-order valence-corrected chi connectivity index (χ0v) is 11.1. The van der Waals surface area contributed by atoms with Crippen LogP contribution in [0.2, 0.25) is 0 Å². The molecule has 18 heavy (non-hydrogen) atoms. The summed E-state index contributed by atoms with van der Waals surface area (Å²) in [5, 5.41) is 10.3. The summed E-state index contributed by atoms with van der Waals surface area (Å²) >= 11 is 0. The van der Waals surface area contributed by atoms with Gasteiger partial charge >= 0.3 is 0 Å². The molecule has 1 aromatic heterocycles. The van der Waals surface area contributed by atoms with Crippen LogP contribution in [0.4, 0.5) is 5.69 Å². The highest BCUT2D eigenvalue weighted by molar-refractivity contribution is 5.47. The molecule has 3 heteroatoms. The summed E-state index contributed by atoms with van der Waals surface area (Å²) in [6.45, 7) is 4.16. The molecule has 2 atom stereocenters. The summed E-state index contributed by atoms with van der Waals surface area (Å²) in [4.78, 5) is 6.70. The highest BCUT2D eigenvalue weighted by Gasteiger charge is 2.44. The van der Waals surface area contributed by atoms with Gasteiger partial charge in [-0.1, -0.05) is 6.42 Å².